The van der Waals surface area contributed by atoms with Crippen molar-refractivity contribution in [3.05, 3.63) is 24.0 Å². The molecule has 1 aromatic rings. The first-order valence-electron chi connectivity index (χ1n) is 5.46. The molecule has 0 spiro atoms. The van der Waals surface area contributed by atoms with Gasteiger partial charge in [0.25, 0.3) is 0 Å². The van der Waals surface area contributed by atoms with Crippen LogP contribution in [0.5, 0.6) is 5.75 Å². The lowest BCUT2D eigenvalue weighted by Gasteiger charge is -2.15. The molecule has 1 amide bonds. The van der Waals surface area contributed by atoms with Crippen LogP contribution in [0.4, 0.5) is 10.1 Å². The Morgan fingerprint density at radius 2 is 2.24 bits per heavy atom. The molecule has 0 heterocycles. The lowest BCUT2D eigenvalue weighted by molar-refractivity contribution is -0.121. The molecule has 5 heteroatoms. The highest BCUT2D eigenvalue weighted by Crippen LogP contribution is 2.21. The quantitative estimate of drug-likeness (QED) is 0.824. The summed E-state index contributed by atoms with van der Waals surface area (Å²) < 4.78 is 18.5. The van der Waals surface area contributed by atoms with Crippen molar-refractivity contribution in [1.29, 1.82) is 0 Å². The van der Waals surface area contributed by atoms with Crippen LogP contribution in [0.3, 0.4) is 0 Å². The van der Waals surface area contributed by atoms with Gasteiger partial charge < -0.3 is 15.4 Å². The molecule has 4 nitrogen and oxygen atoms in total. The zero-order valence-corrected chi connectivity index (χ0v) is 10.2. The van der Waals surface area contributed by atoms with E-state index in [1.54, 1.807) is 6.92 Å². The van der Waals surface area contributed by atoms with Gasteiger partial charge in [-0.05, 0) is 26.0 Å². The molecule has 1 unspecified atom stereocenters. The van der Waals surface area contributed by atoms with Crippen LogP contribution in [-0.4, -0.2) is 25.6 Å². The summed E-state index contributed by atoms with van der Waals surface area (Å²) in [6.45, 7) is 4.05. The minimum Gasteiger partial charge on any atom is -0.497 e. The second kappa shape index (κ2) is 6.08. The number of amides is 1. The number of hydrogen-bond acceptors (Lipinski definition) is 3. The summed E-state index contributed by atoms with van der Waals surface area (Å²) in [7, 11) is 1.50. The standard InChI is InChI=1S/C12H17FN2O2/c1-4-14-12(16)8(2)15-11-7-9(17-3)5-6-10(11)13/h5-8,15H,4H2,1-3H3,(H,14,16). The number of methoxy groups -OCH3 is 1. The molecule has 94 valence electrons. The van der Waals surface area contributed by atoms with Crippen molar-refractivity contribution in [2.75, 3.05) is 19.0 Å². The van der Waals surface area contributed by atoms with Gasteiger partial charge in [-0.1, -0.05) is 0 Å². The second-order valence-electron chi connectivity index (χ2n) is 3.61. The van der Waals surface area contributed by atoms with Gasteiger partial charge in [0.1, 0.15) is 17.6 Å². The fraction of sp³-hybridized carbons (Fsp3) is 0.417. The summed E-state index contributed by atoms with van der Waals surface area (Å²) >= 11 is 0. The number of ether oxygens (including phenoxy) is 1. The molecule has 0 saturated carbocycles. The zero-order chi connectivity index (χ0) is 12.8. The number of anilines is 1. The Labute approximate surface area is 100 Å². The van der Waals surface area contributed by atoms with E-state index in [1.165, 1.54) is 25.3 Å². The maximum absolute atomic E-state index is 13.5. The SMILES string of the molecule is CCNC(=O)C(C)Nc1cc(OC)ccc1F. The van der Waals surface area contributed by atoms with Crippen molar-refractivity contribution in [2.45, 2.75) is 19.9 Å². The van der Waals surface area contributed by atoms with Gasteiger partial charge in [-0.3, -0.25) is 4.79 Å². The highest BCUT2D eigenvalue weighted by atomic mass is 19.1. The van der Waals surface area contributed by atoms with Gasteiger partial charge in [0.15, 0.2) is 0 Å². The average molecular weight is 240 g/mol. The van der Waals surface area contributed by atoms with E-state index in [0.717, 1.165) is 0 Å². The molecular weight excluding hydrogens is 223 g/mol. The fourth-order valence-electron chi connectivity index (χ4n) is 1.37. The maximum Gasteiger partial charge on any atom is 0.242 e. The Bertz CT molecular complexity index is 396. The van der Waals surface area contributed by atoms with Crippen LogP contribution in [0, 0.1) is 5.82 Å². The number of nitrogens with one attached hydrogen (secondary N) is 2. The van der Waals surface area contributed by atoms with Crippen LogP contribution < -0.4 is 15.4 Å². The van der Waals surface area contributed by atoms with E-state index in [-0.39, 0.29) is 11.6 Å². The third-order valence-corrected chi connectivity index (χ3v) is 2.29. The Balaban J connectivity index is 2.76. The number of rotatable bonds is 5. The van der Waals surface area contributed by atoms with Crippen LogP contribution in [0.25, 0.3) is 0 Å². The number of likely N-dealkylation sites (N-methyl/N-ethyl adjacent to an activating group) is 1. The fourth-order valence-corrected chi connectivity index (χ4v) is 1.37. The normalized spacial score (nSPS) is 11.8. The van der Waals surface area contributed by atoms with Crippen molar-refractivity contribution in [1.82, 2.24) is 5.32 Å². The minimum atomic E-state index is -0.503. The smallest absolute Gasteiger partial charge is 0.242 e. The number of halogens is 1. The van der Waals surface area contributed by atoms with Crippen LogP contribution >= 0.6 is 0 Å². The first-order chi connectivity index (χ1) is 8.08. The largest absolute Gasteiger partial charge is 0.497 e. The van der Waals surface area contributed by atoms with Crippen LogP contribution in [0.1, 0.15) is 13.8 Å². The molecule has 0 aromatic heterocycles. The lowest BCUT2D eigenvalue weighted by Crippen LogP contribution is -2.37. The molecule has 0 fully saturated rings. The lowest BCUT2D eigenvalue weighted by atomic mass is 10.2. The zero-order valence-electron chi connectivity index (χ0n) is 10.2. The summed E-state index contributed by atoms with van der Waals surface area (Å²) in [5, 5.41) is 5.46. The van der Waals surface area contributed by atoms with Crippen LogP contribution in [-0.2, 0) is 4.79 Å². The summed E-state index contributed by atoms with van der Waals surface area (Å²) in [6.07, 6.45) is 0. The molecule has 0 aliphatic rings. The first kappa shape index (κ1) is 13.3. The number of hydrogen-bond donors (Lipinski definition) is 2. The predicted octanol–water partition coefficient (Wildman–Crippen LogP) is 1.77. The van der Waals surface area contributed by atoms with Gasteiger partial charge in [-0.15, -0.1) is 0 Å². The molecule has 1 aromatic carbocycles. The Kier molecular flexibility index (Phi) is 4.75. The van der Waals surface area contributed by atoms with E-state index < -0.39 is 11.9 Å². The van der Waals surface area contributed by atoms with Gasteiger partial charge >= 0.3 is 0 Å². The topological polar surface area (TPSA) is 50.4 Å². The molecule has 2 N–H and O–H groups in total. The van der Waals surface area contributed by atoms with E-state index in [4.69, 9.17) is 4.74 Å². The van der Waals surface area contributed by atoms with Crippen molar-refractivity contribution in [3.63, 3.8) is 0 Å². The number of benzene rings is 1. The van der Waals surface area contributed by atoms with Crippen molar-refractivity contribution >= 4 is 11.6 Å². The molecule has 0 bridgehead atoms. The number of carbonyl (C=O) groups is 1. The van der Waals surface area contributed by atoms with Crippen LogP contribution in [0.2, 0.25) is 0 Å². The van der Waals surface area contributed by atoms with E-state index in [9.17, 15) is 9.18 Å². The van der Waals surface area contributed by atoms with Gasteiger partial charge in [-0.25, -0.2) is 4.39 Å². The van der Waals surface area contributed by atoms with Crippen LogP contribution in [0.15, 0.2) is 18.2 Å². The molecule has 1 rings (SSSR count). The molecular formula is C12H17FN2O2. The van der Waals surface area contributed by atoms with E-state index in [2.05, 4.69) is 10.6 Å². The monoisotopic (exact) mass is 240 g/mol. The number of carbonyl (C=O) groups excluding carboxylic acids is 1. The third kappa shape index (κ3) is 3.62. The van der Waals surface area contributed by atoms with Gasteiger partial charge in [-0.2, -0.15) is 0 Å². The maximum atomic E-state index is 13.5. The Hall–Kier alpha value is -1.78. The average Bonchev–Trinajstić information content (AvgIpc) is 2.32. The van der Waals surface area contributed by atoms with Crippen molar-refractivity contribution < 1.29 is 13.9 Å². The molecule has 0 saturated heterocycles. The van der Waals surface area contributed by atoms with E-state index >= 15 is 0 Å². The summed E-state index contributed by atoms with van der Waals surface area (Å²) in [6, 6.07) is 3.84. The second-order valence-corrected chi connectivity index (χ2v) is 3.61. The van der Waals surface area contributed by atoms with Crippen molar-refractivity contribution in [2.24, 2.45) is 0 Å². The van der Waals surface area contributed by atoms with Crippen molar-refractivity contribution in [3.8, 4) is 5.75 Å². The third-order valence-electron chi connectivity index (χ3n) is 2.29. The van der Waals surface area contributed by atoms with Gasteiger partial charge in [0.05, 0.1) is 12.8 Å². The Morgan fingerprint density at radius 3 is 2.82 bits per heavy atom. The molecule has 0 radical (unpaired) electrons. The van der Waals surface area contributed by atoms with E-state index in [0.29, 0.717) is 12.3 Å². The Morgan fingerprint density at radius 1 is 1.53 bits per heavy atom. The summed E-state index contributed by atoms with van der Waals surface area (Å²) in [5.41, 5.74) is 0.253. The van der Waals surface area contributed by atoms with E-state index in [1.807, 2.05) is 6.92 Å². The highest BCUT2D eigenvalue weighted by Gasteiger charge is 2.13. The molecule has 1 atom stereocenters. The minimum absolute atomic E-state index is 0.172. The molecule has 17 heavy (non-hydrogen) atoms. The molecule has 0 aliphatic heterocycles. The highest BCUT2D eigenvalue weighted by molar-refractivity contribution is 5.84. The first-order valence-corrected chi connectivity index (χ1v) is 5.46. The molecule has 0 aliphatic carbocycles. The van der Waals surface area contributed by atoms with Gasteiger partial charge in [0.2, 0.25) is 5.91 Å². The predicted molar refractivity (Wildman–Crippen MR) is 64.7 cm³/mol. The van der Waals surface area contributed by atoms with Gasteiger partial charge in [0, 0.05) is 12.6 Å². The summed E-state index contributed by atoms with van der Waals surface area (Å²) in [4.78, 5) is 11.5. The summed E-state index contributed by atoms with van der Waals surface area (Å²) in [5.74, 6) is -0.0475.